The molecule has 0 fully saturated rings. The van der Waals surface area contributed by atoms with Crippen molar-refractivity contribution in [2.75, 3.05) is 19.5 Å². The Hall–Kier alpha value is -2.12. The Kier molecular flexibility index (Phi) is 5.28. The summed E-state index contributed by atoms with van der Waals surface area (Å²) in [5.41, 5.74) is 7.06. The molecule has 1 unspecified atom stereocenters. The maximum absolute atomic E-state index is 11.7. The van der Waals surface area contributed by atoms with Crippen LogP contribution >= 0.6 is 0 Å². The van der Waals surface area contributed by atoms with Crippen molar-refractivity contribution in [1.29, 1.82) is 0 Å². The largest absolute Gasteiger partial charge is 0.465 e. The van der Waals surface area contributed by atoms with Gasteiger partial charge >= 0.3 is 6.09 Å². The highest BCUT2D eigenvalue weighted by molar-refractivity contribution is 5.83. The summed E-state index contributed by atoms with van der Waals surface area (Å²) in [7, 11) is 2.87. The predicted molar refractivity (Wildman–Crippen MR) is 69.5 cm³/mol. The molecule has 4 N–H and O–H groups in total. The van der Waals surface area contributed by atoms with E-state index in [1.807, 2.05) is 0 Å². The number of rotatable bonds is 5. The first-order valence-electron chi connectivity index (χ1n) is 5.60. The summed E-state index contributed by atoms with van der Waals surface area (Å²) in [5, 5.41) is 11.8. The summed E-state index contributed by atoms with van der Waals surface area (Å²) in [6.45, 7) is 0. The molecule has 19 heavy (non-hydrogen) atoms. The lowest BCUT2D eigenvalue weighted by Crippen LogP contribution is -2.42. The van der Waals surface area contributed by atoms with E-state index in [2.05, 4.69) is 5.32 Å². The Labute approximate surface area is 110 Å². The number of hydrogen-bond donors (Lipinski definition) is 3. The van der Waals surface area contributed by atoms with Gasteiger partial charge in [0.25, 0.3) is 5.91 Å². The molecular formula is C12H17N3O4. The Morgan fingerprint density at radius 1 is 1.42 bits per heavy atom. The van der Waals surface area contributed by atoms with Gasteiger partial charge in [-0.3, -0.25) is 14.9 Å². The lowest BCUT2D eigenvalue weighted by atomic mass is 10.1. The number of nitrogens with one attached hydrogen (secondary N) is 1. The van der Waals surface area contributed by atoms with Crippen LogP contribution in [0, 0.1) is 0 Å². The van der Waals surface area contributed by atoms with Gasteiger partial charge in [0.05, 0.1) is 13.2 Å². The van der Waals surface area contributed by atoms with Gasteiger partial charge in [-0.05, 0) is 24.1 Å². The first-order valence-corrected chi connectivity index (χ1v) is 5.60. The molecule has 7 nitrogen and oxygen atoms in total. The van der Waals surface area contributed by atoms with Gasteiger partial charge in [-0.1, -0.05) is 12.1 Å². The highest BCUT2D eigenvalue weighted by Crippen LogP contribution is 2.11. The molecule has 0 heterocycles. The minimum absolute atomic E-state index is 0.324. The van der Waals surface area contributed by atoms with E-state index in [0.717, 1.165) is 10.6 Å². The van der Waals surface area contributed by atoms with Crippen LogP contribution in [0.15, 0.2) is 24.3 Å². The van der Waals surface area contributed by atoms with E-state index in [4.69, 9.17) is 15.7 Å². The van der Waals surface area contributed by atoms with Crippen LogP contribution in [0.3, 0.4) is 0 Å². The van der Waals surface area contributed by atoms with E-state index in [9.17, 15) is 9.59 Å². The van der Waals surface area contributed by atoms with Gasteiger partial charge in [-0.25, -0.2) is 9.86 Å². The van der Waals surface area contributed by atoms with Gasteiger partial charge in [0.2, 0.25) is 0 Å². The molecule has 0 aromatic heterocycles. The molecule has 0 aliphatic rings. The van der Waals surface area contributed by atoms with E-state index in [1.165, 1.54) is 14.2 Å². The number of carbonyl (C=O) groups excluding carboxylic acids is 1. The summed E-state index contributed by atoms with van der Waals surface area (Å²) >= 11 is 0. The molecule has 1 atom stereocenters. The second-order valence-corrected chi connectivity index (χ2v) is 3.96. The second kappa shape index (κ2) is 6.72. The number of hydrogen-bond acceptors (Lipinski definition) is 4. The quantitative estimate of drug-likeness (QED) is 0.680. The average Bonchev–Trinajstić information content (AvgIpc) is 2.38. The van der Waals surface area contributed by atoms with Crippen molar-refractivity contribution in [3.05, 3.63) is 29.8 Å². The van der Waals surface area contributed by atoms with Crippen LogP contribution in [0.5, 0.6) is 0 Å². The minimum Gasteiger partial charge on any atom is -0.465 e. The molecule has 0 aliphatic carbocycles. The zero-order chi connectivity index (χ0) is 14.4. The standard InChI is InChI=1S/C12H17N3O4/c1-15(19-2)11(16)10(13)7-8-3-5-9(6-4-8)14-12(17)18/h3-6,10,14H,7,13H2,1-2H3,(H,17,18). The highest BCUT2D eigenvalue weighted by Gasteiger charge is 2.18. The summed E-state index contributed by atoms with van der Waals surface area (Å²) < 4.78 is 0. The summed E-state index contributed by atoms with van der Waals surface area (Å²) in [5.74, 6) is -0.324. The monoisotopic (exact) mass is 267 g/mol. The molecule has 0 saturated heterocycles. The van der Waals surface area contributed by atoms with Crippen molar-refractivity contribution in [3.8, 4) is 0 Å². The molecule has 0 aliphatic heterocycles. The van der Waals surface area contributed by atoms with E-state index in [1.54, 1.807) is 24.3 Å². The lowest BCUT2D eigenvalue weighted by Gasteiger charge is -2.18. The van der Waals surface area contributed by atoms with Gasteiger partial charge in [0.1, 0.15) is 0 Å². The number of hydroxylamine groups is 2. The Balaban J connectivity index is 2.62. The molecule has 1 aromatic carbocycles. The van der Waals surface area contributed by atoms with Gasteiger partial charge in [0.15, 0.2) is 0 Å². The van der Waals surface area contributed by atoms with Gasteiger partial charge in [-0.2, -0.15) is 0 Å². The van der Waals surface area contributed by atoms with Crippen LogP contribution in [0.2, 0.25) is 0 Å². The number of amides is 2. The summed E-state index contributed by atoms with van der Waals surface area (Å²) in [6, 6.07) is 5.95. The molecule has 7 heteroatoms. The van der Waals surface area contributed by atoms with Crippen molar-refractivity contribution < 1.29 is 19.5 Å². The molecule has 1 rings (SSSR count). The number of nitrogens with zero attached hydrogens (tertiary/aromatic N) is 1. The number of carboxylic acid groups (broad SMARTS) is 1. The first kappa shape index (κ1) is 14.9. The Morgan fingerprint density at radius 3 is 2.47 bits per heavy atom. The minimum atomic E-state index is -1.12. The third kappa shape index (κ3) is 4.57. The third-order valence-electron chi connectivity index (χ3n) is 2.56. The van der Waals surface area contributed by atoms with Crippen LogP contribution < -0.4 is 11.1 Å². The zero-order valence-corrected chi connectivity index (χ0v) is 10.8. The molecule has 104 valence electrons. The van der Waals surface area contributed by atoms with Crippen molar-refractivity contribution in [1.82, 2.24) is 5.06 Å². The first-order chi connectivity index (χ1) is 8.93. The van der Waals surface area contributed by atoms with Crippen LogP contribution in [-0.2, 0) is 16.1 Å². The average molecular weight is 267 g/mol. The number of anilines is 1. The van der Waals surface area contributed by atoms with E-state index in [0.29, 0.717) is 12.1 Å². The number of nitrogens with two attached hydrogens (primary N) is 1. The number of likely N-dealkylation sites (N-methyl/N-ethyl adjacent to an activating group) is 1. The molecule has 0 spiro atoms. The van der Waals surface area contributed by atoms with Gasteiger partial charge in [0, 0.05) is 12.7 Å². The summed E-state index contributed by atoms with van der Waals surface area (Å²) in [6.07, 6.45) is -0.777. The van der Waals surface area contributed by atoms with Crippen molar-refractivity contribution in [2.24, 2.45) is 5.73 Å². The van der Waals surface area contributed by atoms with Crippen molar-refractivity contribution in [3.63, 3.8) is 0 Å². The van der Waals surface area contributed by atoms with Crippen LogP contribution in [0.4, 0.5) is 10.5 Å². The Bertz CT molecular complexity index is 447. The lowest BCUT2D eigenvalue weighted by molar-refractivity contribution is -0.170. The van der Waals surface area contributed by atoms with Gasteiger partial charge < -0.3 is 10.8 Å². The molecule has 0 saturated carbocycles. The fourth-order valence-electron chi connectivity index (χ4n) is 1.51. The Morgan fingerprint density at radius 2 is 2.00 bits per heavy atom. The maximum Gasteiger partial charge on any atom is 0.409 e. The van der Waals surface area contributed by atoms with Crippen molar-refractivity contribution >= 4 is 17.7 Å². The summed E-state index contributed by atoms with van der Waals surface area (Å²) in [4.78, 5) is 26.9. The predicted octanol–water partition coefficient (Wildman–Crippen LogP) is 0.666. The van der Waals surface area contributed by atoms with Gasteiger partial charge in [-0.15, -0.1) is 0 Å². The normalized spacial score (nSPS) is 11.7. The van der Waals surface area contributed by atoms with E-state index < -0.39 is 12.1 Å². The molecule has 0 bridgehead atoms. The van der Waals surface area contributed by atoms with Crippen LogP contribution in [0.25, 0.3) is 0 Å². The molecule has 1 aromatic rings. The number of benzene rings is 1. The van der Waals surface area contributed by atoms with Crippen molar-refractivity contribution in [2.45, 2.75) is 12.5 Å². The highest BCUT2D eigenvalue weighted by atomic mass is 16.7. The third-order valence-corrected chi connectivity index (χ3v) is 2.56. The maximum atomic E-state index is 11.7. The fraction of sp³-hybridized carbons (Fsp3) is 0.333. The zero-order valence-electron chi connectivity index (χ0n) is 10.8. The van der Waals surface area contributed by atoms with E-state index in [-0.39, 0.29) is 5.91 Å². The molecular weight excluding hydrogens is 250 g/mol. The smallest absolute Gasteiger partial charge is 0.409 e. The van der Waals surface area contributed by atoms with Crippen LogP contribution in [0.1, 0.15) is 5.56 Å². The topological polar surface area (TPSA) is 105 Å². The molecule has 0 radical (unpaired) electrons. The SMILES string of the molecule is CON(C)C(=O)C(N)Cc1ccc(NC(=O)O)cc1. The van der Waals surface area contributed by atoms with Crippen LogP contribution in [-0.4, -0.2) is 42.4 Å². The second-order valence-electron chi connectivity index (χ2n) is 3.96. The fourth-order valence-corrected chi connectivity index (χ4v) is 1.51. The molecule has 2 amide bonds. The number of carbonyl (C=O) groups is 2. The van der Waals surface area contributed by atoms with E-state index >= 15 is 0 Å².